The molecule has 0 atom stereocenters. The van der Waals surface area contributed by atoms with Crippen LogP contribution in [0.4, 0.5) is 0 Å². The topological polar surface area (TPSA) is 171 Å². The Balaban J connectivity index is 0. The molecule has 316 valence electrons. The molecule has 0 unspecified atom stereocenters. The molecular formula is C41H88O9P2. The molecule has 0 saturated carbocycles. The predicted molar refractivity (Wildman–Crippen MR) is 226 cm³/mol. The van der Waals surface area contributed by atoms with Crippen molar-refractivity contribution in [2.45, 2.75) is 194 Å². The first-order valence-electron chi connectivity index (χ1n) is 21.4. The molecule has 0 saturated heterocycles. The average Bonchev–Trinajstić information content (AvgIpc) is 3.12. The van der Waals surface area contributed by atoms with E-state index in [4.69, 9.17) is 24.7 Å². The van der Waals surface area contributed by atoms with E-state index in [1.807, 2.05) is 0 Å². The van der Waals surface area contributed by atoms with E-state index >= 15 is 0 Å². The summed E-state index contributed by atoms with van der Waals surface area (Å²) in [5.41, 5.74) is -1.11. The molecule has 0 aliphatic heterocycles. The Kier molecular flexibility index (Phi) is 40.8. The summed E-state index contributed by atoms with van der Waals surface area (Å²) in [6.45, 7) is 2.89. The molecule has 0 heterocycles. The van der Waals surface area contributed by atoms with Crippen LogP contribution in [-0.4, -0.2) is 78.8 Å². The van der Waals surface area contributed by atoms with Crippen molar-refractivity contribution in [3.63, 3.8) is 0 Å². The summed E-state index contributed by atoms with van der Waals surface area (Å²) in [7, 11) is -8.02. The van der Waals surface area contributed by atoms with Gasteiger partial charge in [0.05, 0.1) is 31.8 Å². The minimum atomic E-state index is -4.01. The second-order valence-electron chi connectivity index (χ2n) is 15.1. The Morgan fingerprint density at radius 2 is 0.596 bits per heavy atom. The van der Waals surface area contributed by atoms with Crippen molar-refractivity contribution in [1.29, 1.82) is 0 Å². The average molecular weight is 787 g/mol. The minimum Gasteiger partial charge on any atom is -0.396 e. The summed E-state index contributed by atoms with van der Waals surface area (Å²) in [4.78, 5) is 41.1. The summed E-state index contributed by atoms with van der Waals surface area (Å²) in [5, 5.41) is 34.0. The summed E-state index contributed by atoms with van der Waals surface area (Å²) in [5.74, 6) is 0. The van der Waals surface area contributed by atoms with Gasteiger partial charge in [-0.3, -0.25) is 0 Å². The van der Waals surface area contributed by atoms with E-state index < -0.39 is 47.7 Å². The van der Waals surface area contributed by atoms with Crippen LogP contribution < -0.4 is 0 Å². The van der Waals surface area contributed by atoms with Gasteiger partial charge in [-0.15, -0.1) is 0 Å². The van der Waals surface area contributed by atoms with Gasteiger partial charge in [0.15, 0.2) is 0 Å². The third-order valence-corrected chi connectivity index (χ3v) is 14.3. The van der Waals surface area contributed by atoms with E-state index in [0.29, 0.717) is 12.8 Å². The van der Waals surface area contributed by atoms with Crippen LogP contribution in [0.2, 0.25) is 0 Å². The van der Waals surface area contributed by atoms with Crippen LogP contribution in [0.3, 0.4) is 0 Å². The molecule has 11 heteroatoms. The minimum absolute atomic E-state index is 0.150. The molecule has 0 aliphatic carbocycles. The first-order chi connectivity index (χ1) is 25.1. The zero-order valence-electron chi connectivity index (χ0n) is 33.8. The number of aliphatic hydroxyl groups is 4. The molecule has 0 aliphatic rings. The van der Waals surface area contributed by atoms with Crippen molar-refractivity contribution in [2.75, 3.05) is 38.8 Å². The Morgan fingerprint density at radius 3 is 0.827 bits per heavy atom. The van der Waals surface area contributed by atoms with Crippen molar-refractivity contribution in [3.05, 3.63) is 24.3 Å². The summed E-state index contributed by atoms with van der Waals surface area (Å²) in [6, 6.07) is 0. The second-order valence-corrected chi connectivity index (χ2v) is 19.9. The third kappa shape index (κ3) is 38.3. The van der Waals surface area contributed by atoms with Crippen molar-refractivity contribution >= 4 is 15.9 Å². The van der Waals surface area contributed by atoms with Crippen LogP contribution in [0.25, 0.3) is 0 Å². The predicted octanol–water partition coefficient (Wildman–Crippen LogP) is 9.98. The second kappa shape index (κ2) is 39.2. The van der Waals surface area contributed by atoms with E-state index in [1.165, 1.54) is 116 Å². The first-order valence-corrected chi connectivity index (χ1v) is 25.4. The van der Waals surface area contributed by atoms with Crippen molar-refractivity contribution in [2.24, 2.45) is 5.41 Å². The Hall–Kier alpha value is -0.0200. The number of hydrogen-bond donors (Lipinski definition) is 8. The van der Waals surface area contributed by atoms with Gasteiger partial charge in [0.25, 0.3) is 0 Å². The standard InChI is InChI=1S/C36H76O5P2.C5H12O4/c1-3-5-7-9-11-13-15-17-19-21-23-25-27-29-31-33-35-42(37,38)41-43(39,40)36-34-32-30-28-26-24-22-20-18-16-14-12-10-8-6-4-2;6-1-5(2-7,3-8)4-9/h17-20,37-40,42-43H,3-16,21-36H2,1-2H3;6-9H,1-4H2/b19-17-,20-18-;. The number of hydrogen-bond acceptors (Lipinski definition) is 9. The fourth-order valence-corrected chi connectivity index (χ4v) is 10.2. The Morgan fingerprint density at radius 1 is 0.365 bits per heavy atom. The number of aliphatic hydroxyl groups excluding tert-OH is 4. The molecule has 0 amide bonds. The van der Waals surface area contributed by atoms with Crippen LogP contribution in [0.1, 0.15) is 194 Å². The van der Waals surface area contributed by atoms with Gasteiger partial charge >= 0.3 is 192 Å². The van der Waals surface area contributed by atoms with E-state index in [0.717, 1.165) is 51.4 Å². The molecule has 0 radical (unpaired) electrons. The molecule has 0 bridgehead atoms. The summed E-state index contributed by atoms with van der Waals surface area (Å²) < 4.78 is 5.16. The van der Waals surface area contributed by atoms with Crippen molar-refractivity contribution in [3.8, 4) is 0 Å². The smallest absolute Gasteiger partial charge is 0.396 e. The molecule has 0 aromatic heterocycles. The maximum absolute atomic E-state index is 10.3. The first kappa shape index (κ1) is 54.1. The molecular weight excluding hydrogens is 698 g/mol. The normalized spacial score (nSPS) is 13.3. The van der Waals surface area contributed by atoms with E-state index in [2.05, 4.69) is 38.2 Å². The van der Waals surface area contributed by atoms with Gasteiger partial charge in [-0.25, -0.2) is 0 Å². The van der Waals surface area contributed by atoms with Gasteiger partial charge in [0, 0.05) is 0 Å². The van der Waals surface area contributed by atoms with Crippen LogP contribution in [0.5, 0.6) is 0 Å². The molecule has 52 heavy (non-hydrogen) atoms. The van der Waals surface area contributed by atoms with E-state index in [9.17, 15) is 19.6 Å². The molecule has 0 rings (SSSR count). The summed E-state index contributed by atoms with van der Waals surface area (Å²) in [6.07, 6.45) is 43.1. The number of rotatable bonds is 38. The third-order valence-electron chi connectivity index (χ3n) is 9.70. The molecule has 0 aromatic rings. The zero-order chi connectivity index (χ0) is 39.1. The zero-order valence-corrected chi connectivity index (χ0v) is 35.8. The molecule has 0 spiro atoms. The van der Waals surface area contributed by atoms with Crippen LogP contribution in [-0.2, 0) is 4.31 Å². The Labute approximate surface area is 321 Å². The molecule has 0 fully saturated rings. The van der Waals surface area contributed by atoms with Crippen LogP contribution in [0, 0.1) is 5.41 Å². The van der Waals surface area contributed by atoms with Gasteiger partial charge in [0.2, 0.25) is 0 Å². The summed E-state index contributed by atoms with van der Waals surface area (Å²) >= 11 is 0. The van der Waals surface area contributed by atoms with Gasteiger partial charge in [-0.2, -0.15) is 0 Å². The van der Waals surface area contributed by atoms with Crippen molar-refractivity contribution in [1.82, 2.24) is 0 Å². The van der Waals surface area contributed by atoms with E-state index in [1.54, 1.807) is 0 Å². The fourth-order valence-electron chi connectivity index (χ4n) is 5.87. The van der Waals surface area contributed by atoms with Gasteiger partial charge < -0.3 is 20.4 Å². The Bertz CT molecular complexity index is 708. The number of allylic oxidation sites excluding steroid dienone is 4. The SMILES string of the molecule is CCCCCCCC/C=C\CCCCCCCC[PH](O)(O)O[PH](O)(O)CCCCCCCC/C=C\CCCCCCCC.OCC(CO)(CO)CO. The fraction of sp³-hybridized carbons (Fsp3) is 0.902. The quantitative estimate of drug-likeness (QED) is 0.0172. The molecule has 9 nitrogen and oxygen atoms in total. The molecule has 8 N–H and O–H groups in total. The monoisotopic (exact) mass is 787 g/mol. The molecule has 0 aromatic carbocycles. The van der Waals surface area contributed by atoms with Crippen LogP contribution in [0.15, 0.2) is 24.3 Å². The van der Waals surface area contributed by atoms with Crippen LogP contribution >= 0.6 is 15.9 Å². The van der Waals surface area contributed by atoms with Gasteiger partial charge in [0.1, 0.15) is 0 Å². The maximum atomic E-state index is 10.3. The van der Waals surface area contributed by atoms with Gasteiger partial charge in [-0.05, 0) is 0 Å². The van der Waals surface area contributed by atoms with E-state index in [-0.39, 0.29) is 12.3 Å². The van der Waals surface area contributed by atoms with Crippen molar-refractivity contribution < 1.29 is 44.3 Å². The number of unbranched alkanes of at least 4 members (excludes halogenated alkanes) is 24. The van der Waals surface area contributed by atoms with Gasteiger partial charge in [-0.1, -0.05) is 78.1 Å².